The van der Waals surface area contributed by atoms with Gasteiger partial charge in [-0.3, -0.25) is 0 Å². The first-order valence-corrected chi connectivity index (χ1v) is 8.03. The van der Waals surface area contributed by atoms with Gasteiger partial charge < -0.3 is 10.2 Å². The van der Waals surface area contributed by atoms with E-state index in [1.165, 1.54) is 5.69 Å². The number of halogens is 2. The van der Waals surface area contributed by atoms with Gasteiger partial charge in [0.25, 0.3) is 0 Å². The molecule has 2 nitrogen and oxygen atoms in total. The zero-order valence-electron chi connectivity index (χ0n) is 12.0. The van der Waals surface area contributed by atoms with Gasteiger partial charge in [0, 0.05) is 34.7 Å². The van der Waals surface area contributed by atoms with Gasteiger partial charge in [-0.25, -0.2) is 0 Å². The molecule has 106 valence electrons. The third kappa shape index (κ3) is 3.26. The molecular weight excluding hydrogens is 324 g/mol. The normalized spacial score (nSPS) is 24.1. The largest absolute Gasteiger partial charge is 0.365 e. The van der Waals surface area contributed by atoms with Gasteiger partial charge in [-0.1, -0.05) is 25.4 Å². The third-order valence-corrected chi connectivity index (χ3v) is 4.99. The molecule has 0 aliphatic carbocycles. The predicted molar refractivity (Wildman–Crippen MR) is 87.3 cm³/mol. The molecule has 1 aliphatic rings. The van der Waals surface area contributed by atoms with Gasteiger partial charge in [0.15, 0.2) is 0 Å². The van der Waals surface area contributed by atoms with E-state index in [4.69, 9.17) is 11.6 Å². The lowest BCUT2D eigenvalue weighted by molar-refractivity contribution is 0.337. The van der Waals surface area contributed by atoms with Crippen molar-refractivity contribution in [2.75, 3.05) is 18.0 Å². The van der Waals surface area contributed by atoms with E-state index in [9.17, 15) is 0 Å². The topological polar surface area (TPSA) is 15.3 Å². The minimum Gasteiger partial charge on any atom is -0.365 e. The first kappa shape index (κ1) is 15.1. The molecule has 0 radical (unpaired) electrons. The minimum atomic E-state index is 0.477. The second kappa shape index (κ2) is 6.02. The van der Waals surface area contributed by atoms with E-state index in [0.717, 1.165) is 28.1 Å². The van der Waals surface area contributed by atoms with Crippen molar-refractivity contribution in [2.24, 2.45) is 5.92 Å². The molecule has 1 fully saturated rings. The van der Waals surface area contributed by atoms with Crippen LogP contribution >= 0.6 is 27.5 Å². The van der Waals surface area contributed by atoms with Crippen LogP contribution in [0.2, 0.25) is 5.02 Å². The Balaban J connectivity index is 2.31. The number of aryl methyl sites for hydroxylation is 1. The summed E-state index contributed by atoms with van der Waals surface area (Å²) in [6.45, 7) is 10.9. The van der Waals surface area contributed by atoms with Gasteiger partial charge >= 0.3 is 0 Å². The second-order valence-electron chi connectivity index (χ2n) is 5.81. The Hall–Kier alpha value is -0.250. The van der Waals surface area contributed by atoms with Gasteiger partial charge in [0.2, 0.25) is 0 Å². The lowest BCUT2D eigenvalue weighted by Crippen LogP contribution is -2.57. The van der Waals surface area contributed by atoms with Gasteiger partial charge in [0.05, 0.1) is 5.69 Å². The van der Waals surface area contributed by atoms with Crippen LogP contribution in [0.4, 0.5) is 5.69 Å². The number of piperazine rings is 1. The Labute approximate surface area is 129 Å². The minimum absolute atomic E-state index is 0.477. The van der Waals surface area contributed by atoms with Crippen LogP contribution in [0.3, 0.4) is 0 Å². The van der Waals surface area contributed by atoms with Crippen molar-refractivity contribution < 1.29 is 0 Å². The smallest absolute Gasteiger partial charge is 0.0529 e. The summed E-state index contributed by atoms with van der Waals surface area (Å²) in [5.41, 5.74) is 2.32. The lowest BCUT2D eigenvalue weighted by Gasteiger charge is -2.42. The molecule has 0 bridgehead atoms. The molecule has 0 amide bonds. The average molecular weight is 346 g/mol. The van der Waals surface area contributed by atoms with E-state index in [2.05, 4.69) is 59.1 Å². The highest BCUT2D eigenvalue weighted by Gasteiger charge is 2.28. The Bertz CT molecular complexity index is 462. The van der Waals surface area contributed by atoms with Gasteiger partial charge in [-0.05, 0) is 53.4 Å². The highest BCUT2D eigenvalue weighted by Crippen LogP contribution is 2.34. The standard InChI is InChI=1S/C15H22BrClN2/c1-9(2)14-8-19(11(4)7-18-14)15-6-13(17)10(3)5-12(15)16/h5-6,9,11,14,18H,7-8H2,1-4H3. The monoisotopic (exact) mass is 344 g/mol. The van der Waals surface area contributed by atoms with E-state index in [0.29, 0.717) is 18.0 Å². The summed E-state index contributed by atoms with van der Waals surface area (Å²) < 4.78 is 1.13. The van der Waals surface area contributed by atoms with Crippen molar-refractivity contribution in [3.8, 4) is 0 Å². The van der Waals surface area contributed by atoms with Crippen molar-refractivity contribution in [2.45, 2.75) is 39.8 Å². The quantitative estimate of drug-likeness (QED) is 0.862. The maximum Gasteiger partial charge on any atom is 0.0529 e. The maximum atomic E-state index is 6.29. The van der Waals surface area contributed by atoms with Crippen LogP contribution in [0, 0.1) is 12.8 Å². The van der Waals surface area contributed by atoms with Crippen molar-refractivity contribution in [3.63, 3.8) is 0 Å². The lowest BCUT2D eigenvalue weighted by atomic mass is 9.99. The van der Waals surface area contributed by atoms with Crippen LogP contribution in [0.1, 0.15) is 26.3 Å². The number of nitrogens with zero attached hydrogens (tertiary/aromatic N) is 1. The van der Waals surface area contributed by atoms with Gasteiger partial charge in [-0.15, -0.1) is 0 Å². The molecule has 1 aromatic carbocycles. The number of nitrogens with one attached hydrogen (secondary N) is 1. The van der Waals surface area contributed by atoms with Crippen molar-refractivity contribution >= 4 is 33.2 Å². The molecule has 0 saturated carbocycles. The molecule has 1 N–H and O–H groups in total. The first-order valence-electron chi connectivity index (χ1n) is 6.85. The van der Waals surface area contributed by atoms with Crippen LogP contribution in [0.25, 0.3) is 0 Å². The Morgan fingerprint density at radius 2 is 2.11 bits per heavy atom. The average Bonchev–Trinajstić information content (AvgIpc) is 2.34. The van der Waals surface area contributed by atoms with E-state index in [1.807, 2.05) is 6.92 Å². The highest BCUT2D eigenvalue weighted by atomic mass is 79.9. The molecule has 1 aliphatic heterocycles. The summed E-state index contributed by atoms with van der Waals surface area (Å²) in [6, 6.07) is 5.20. The van der Waals surface area contributed by atoms with Crippen molar-refractivity contribution in [1.82, 2.24) is 5.32 Å². The molecular formula is C15H22BrClN2. The molecule has 0 spiro atoms. The number of hydrogen-bond acceptors (Lipinski definition) is 2. The Morgan fingerprint density at radius 3 is 2.74 bits per heavy atom. The Morgan fingerprint density at radius 1 is 1.42 bits per heavy atom. The summed E-state index contributed by atoms with van der Waals surface area (Å²) in [7, 11) is 0. The molecule has 2 rings (SSSR count). The van der Waals surface area contributed by atoms with Crippen molar-refractivity contribution in [1.29, 1.82) is 0 Å². The SMILES string of the molecule is Cc1cc(Br)c(N2CC(C(C)C)NCC2C)cc1Cl. The summed E-state index contributed by atoms with van der Waals surface area (Å²) in [6.07, 6.45) is 0. The molecule has 1 heterocycles. The van der Waals surface area contributed by atoms with E-state index in [1.54, 1.807) is 0 Å². The zero-order valence-corrected chi connectivity index (χ0v) is 14.3. The third-order valence-electron chi connectivity index (χ3n) is 3.94. The predicted octanol–water partition coefficient (Wildman–Crippen LogP) is 4.23. The fourth-order valence-electron chi connectivity index (χ4n) is 2.53. The summed E-state index contributed by atoms with van der Waals surface area (Å²) in [5.74, 6) is 0.634. The van der Waals surface area contributed by atoms with Gasteiger partial charge in [-0.2, -0.15) is 0 Å². The fraction of sp³-hybridized carbons (Fsp3) is 0.600. The zero-order chi connectivity index (χ0) is 14.2. The second-order valence-corrected chi connectivity index (χ2v) is 7.07. The molecule has 0 aromatic heterocycles. The van der Waals surface area contributed by atoms with E-state index >= 15 is 0 Å². The van der Waals surface area contributed by atoms with Gasteiger partial charge in [0.1, 0.15) is 0 Å². The summed E-state index contributed by atoms with van der Waals surface area (Å²) in [5, 5.41) is 4.46. The van der Waals surface area contributed by atoms with Crippen LogP contribution in [-0.2, 0) is 0 Å². The van der Waals surface area contributed by atoms with Crippen LogP contribution in [-0.4, -0.2) is 25.2 Å². The molecule has 2 atom stereocenters. The maximum absolute atomic E-state index is 6.29. The van der Waals surface area contributed by atoms with Crippen molar-refractivity contribution in [3.05, 3.63) is 27.2 Å². The molecule has 4 heteroatoms. The first-order chi connectivity index (χ1) is 8.90. The summed E-state index contributed by atoms with van der Waals surface area (Å²) in [4.78, 5) is 2.45. The molecule has 1 saturated heterocycles. The van der Waals surface area contributed by atoms with Crippen LogP contribution < -0.4 is 10.2 Å². The molecule has 19 heavy (non-hydrogen) atoms. The number of hydrogen-bond donors (Lipinski definition) is 1. The molecule has 2 unspecified atom stereocenters. The molecule has 1 aromatic rings. The van der Waals surface area contributed by atoms with E-state index < -0.39 is 0 Å². The number of benzene rings is 1. The van der Waals surface area contributed by atoms with Crippen LogP contribution in [0.15, 0.2) is 16.6 Å². The van der Waals surface area contributed by atoms with E-state index in [-0.39, 0.29) is 0 Å². The number of anilines is 1. The summed E-state index contributed by atoms with van der Waals surface area (Å²) >= 11 is 9.97. The highest BCUT2D eigenvalue weighted by molar-refractivity contribution is 9.10. The van der Waals surface area contributed by atoms with Crippen LogP contribution in [0.5, 0.6) is 0 Å². The number of rotatable bonds is 2. The Kier molecular flexibility index (Phi) is 4.80. The fourth-order valence-corrected chi connectivity index (χ4v) is 3.37.